The molecule has 0 amide bonds. The van der Waals surface area contributed by atoms with E-state index in [1.165, 1.54) is 5.56 Å². The van der Waals surface area contributed by atoms with Gasteiger partial charge in [-0.2, -0.15) is 0 Å². The molecule has 5 rings (SSSR count). The second-order valence-electron chi connectivity index (χ2n) is 6.73. The fraction of sp³-hybridized carbons (Fsp3) is 0.182. The van der Waals surface area contributed by atoms with Crippen molar-refractivity contribution in [1.82, 2.24) is 4.98 Å². The lowest BCUT2D eigenvalue weighted by Crippen LogP contribution is -2.36. The van der Waals surface area contributed by atoms with Crippen LogP contribution in [0.2, 0.25) is 0 Å². The number of benzene rings is 2. The molecule has 0 saturated carbocycles. The van der Waals surface area contributed by atoms with Gasteiger partial charge < -0.3 is 9.47 Å². The quantitative estimate of drug-likeness (QED) is 0.687. The number of hydrogen-bond donors (Lipinski definition) is 0. The van der Waals surface area contributed by atoms with E-state index in [4.69, 9.17) is 14.5 Å². The number of rotatable bonds is 2. The molecule has 4 heteroatoms. The van der Waals surface area contributed by atoms with Crippen molar-refractivity contribution in [3.05, 3.63) is 72.1 Å². The molecule has 0 fully saturated rings. The van der Waals surface area contributed by atoms with Crippen molar-refractivity contribution in [2.24, 2.45) is 4.99 Å². The van der Waals surface area contributed by atoms with Gasteiger partial charge in [0.1, 0.15) is 6.61 Å². The molecule has 3 aromatic rings. The van der Waals surface area contributed by atoms with Gasteiger partial charge >= 0.3 is 0 Å². The van der Waals surface area contributed by atoms with Crippen LogP contribution in [0.15, 0.2) is 65.9 Å². The van der Waals surface area contributed by atoms with E-state index in [9.17, 15) is 0 Å². The van der Waals surface area contributed by atoms with Gasteiger partial charge in [-0.05, 0) is 59.5 Å². The highest BCUT2D eigenvalue weighted by atomic mass is 16.6. The molecule has 0 bridgehead atoms. The summed E-state index contributed by atoms with van der Waals surface area (Å²) in [4.78, 5) is 8.94. The van der Waals surface area contributed by atoms with E-state index in [2.05, 4.69) is 30.1 Å². The fourth-order valence-corrected chi connectivity index (χ4v) is 3.46. The summed E-state index contributed by atoms with van der Waals surface area (Å²) in [5.74, 6) is 1.61. The Bertz CT molecular complexity index is 1010. The SMILES string of the molecule is Cc1ccc2c(c1)OC(C1=Nc3cc(-c4ccncc4)ccc3C1)CO2. The van der Waals surface area contributed by atoms with E-state index in [1.807, 2.05) is 42.7 Å². The van der Waals surface area contributed by atoms with E-state index in [0.717, 1.165) is 46.0 Å². The summed E-state index contributed by atoms with van der Waals surface area (Å²) < 4.78 is 12.1. The molecular formula is C22H18N2O2. The fourth-order valence-electron chi connectivity index (χ4n) is 3.46. The summed E-state index contributed by atoms with van der Waals surface area (Å²) in [7, 11) is 0. The molecule has 2 aromatic carbocycles. The highest BCUT2D eigenvalue weighted by molar-refractivity contribution is 5.98. The average Bonchev–Trinajstić information content (AvgIpc) is 3.11. The normalized spacial score (nSPS) is 17.6. The Morgan fingerprint density at radius 1 is 0.923 bits per heavy atom. The van der Waals surface area contributed by atoms with E-state index in [1.54, 1.807) is 0 Å². The van der Waals surface area contributed by atoms with Crippen LogP contribution in [0.4, 0.5) is 5.69 Å². The number of nitrogens with zero attached hydrogens (tertiary/aromatic N) is 2. The number of fused-ring (bicyclic) bond motifs is 2. The number of hydrogen-bond acceptors (Lipinski definition) is 4. The largest absolute Gasteiger partial charge is 0.485 e. The molecule has 0 saturated heterocycles. The number of aliphatic imine (C=N–C) groups is 1. The maximum absolute atomic E-state index is 6.18. The van der Waals surface area contributed by atoms with E-state index >= 15 is 0 Å². The number of ether oxygens (including phenoxy) is 2. The third-order valence-corrected chi connectivity index (χ3v) is 4.86. The third-order valence-electron chi connectivity index (χ3n) is 4.86. The van der Waals surface area contributed by atoms with E-state index in [0.29, 0.717) is 6.61 Å². The topological polar surface area (TPSA) is 43.7 Å². The second kappa shape index (κ2) is 5.99. The number of aromatic nitrogens is 1. The lowest BCUT2D eigenvalue weighted by molar-refractivity contribution is 0.134. The predicted octanol–water partition coefficient (Wildman–Crippen LogP) is 4.53. The van der Waals surface area contributed by atoms with Crippen LogP contribution in [0.1, 0.15) is 11.1 Å². The Labute approximate surface area is 152 Å². The van der Waals surface area contributed by atoms with Crippen LogP contribution in [-0.2, 0) is 6.42 Å². The first-order chi connectivity index (χ1) is 12.8. The minimum absolute atomic E-state index is 0.138. The Kier molecular flexibility index (Phi) is 3.49. The zero-order valence-corrected chi connectivity index (χ0v) is 14.5. The van der Waals surface area contributed by atoms with Gasteiger partial charge in [-0.15, -0.1) is 0 Å². The van der Waals surface area contributed by atoms with Crippen LogP contribution in [0.25, 0.3) is 11.1 Å². The predicted molar refractivity (Wildman–Crippen MR) is 102 cm³/mol. The smallest absolute Gasteiger partial charge is 0.171 e. The molecule has 128 valence electrons. The van der Waals surface area contributed by atoms with Crippen LogP contribution in [0.5, 0.6) is 11.5 Å². The summed E-state index contributed by atoms with van der Waals surface area (Å²) >= 11 is 0. The third kappa shape index (κ3) is 2.64. The number of aryl methyl sites for hydroxylation is 1. The highest BCUT2D eigenvalue weighted by Gasteiger charge is 2.29. The summed E-state index contributed by atoms with van der Waals surface area (Å²) in [6.45, 7) is 2.55. The van der Waals surface area contributed by atoms with Crippen molar-refractivity contribution in [3.8, 4) is 22.6 Å². The van der Waals surface area contributed by atoms with Gasteiger partial charge in [-0.3, -0.25) is 9.98 Å². The molecule has 1 unspecified atom stereocenters. The van der Waals surface area contributed by atoms with E-state index in [-0.39, 0.29) is 6.10 Å². The summed E-state index contributed by atoms with van der Waals surface area (Å²) in [6, 6.07) is 16.5. The van der Waals surface area contributed by atoms with Gasteiger partial charge in [0.05, 0.1) is 11.4 Å². The van der Waals surface area contributed by atoms with Gasteiger partial charge in [0.15, 0.2) is 17.6 Å². The Balaban J connectivity index is 1.42. The molecule has 2 aliphatic rings. The average molecular weight is 342 g/mol. The van der Waals surface area contributed by atoms with Gasteiger partial charge in [0.25, 0.3) is 0 Å². The van der Waals surface area contributed by atoms with Gasteiger partial charge in [0, 0.05) is 18.8 Å². The van der Waals surface area contributed by atoms with Gasteiger partial charge in [0.2, 0.25) is 0 Å². The second-order valence-corrected chi connectivity index (χ2v) is 6.73. The van der Waals surface area contributed by atoms with Crippen molar-refractivity contribution >= 4 is 11.4 Å². The van der Waals surface area contributed by atoms with Crippen molar-refractivity contribution in [3.63, 3.8) is 0 Å². The Hall–Kier alpha value is -3.14. The Morgan fingerprint density at radius 3 is 2.69 bits per heavy atom. The molecule has 4 nitrogen and oxygen atoms in total. The van der Waals surface area contributed by atoms with Crippen LogP contribution < -0.4 is 9.47 Å². The molecule has 0 N–H and O–H groups in total. The molecular weight excluding hydrogens is 324 g/mol. The maximum atomic E-state index is 6.18. The first-order valence-corrected chi connectivity index (χ1v) is 8.77. The maximum Gasteiger partial charge on any atom is 0.171 e. The van der Waals surface area contributed by atoms with Gasteiger partial charge in [-0.1, -0.05) is 18.2 Å². The van der Waals surface area contributed by atoms with Crippen LogP contribution in [0, 0.1) is 6.92 Å². The van der Waals surface area contributed by atoms with Crippen molar-refractivity contribution in [2.75, 3.05) is 6.61 Å². The molecule has 0 radical (unpaired) electrons. The summed E-state index contributed by atoms with van der Waals surface area (Å²) in [5, 5.41) is 0. The lowest BCUT2D eigenvalue weighted by atomic mass is 10.0. The summed E-state index contributed by atoms with van der Waals surface area (Å²) in [6.07, 6.45) is 4.29. The molecule has 2 aliphatic heterocycles. The molecule has 1 atom stereocenters. The summed E-state index contributed by atoms with van der Waals surface area (Å²) in [5.41, 5.74) is 6.74. The van der Waals surface area contributed by atoms with Crippen LogP contribution >= 0.6 is 0 Å². The van der Waals surface area contributed by atoms with Crippen molar-refractivity contribution in [1.29, 1.82) is 0 Å². The van der Waals surface area contributed by atoms with Crippen molar-refractivity contribution < 1.29 is 9.47 Å². The zero-order valence-electron chi connectivity index (χ0n) is 14.5. The molecule has 0 aliphatic carbocycles. The molecule has 3 heterocycles. The van der Waals surface area contributed by atoms with Gasteiger partial charge in [-0.25, -0.2) is 0 Å². The standard InChI is InChI=1S/C22H18N2O2/c1-14-2-5-20-21(10-14)26-22(13-25-20)19-12-17-4-3-16(11-18(17)24-19)15-6-8-23-9-7-15/h2-11,22H,12-13H2,1H3. The van der Waals surface area contributed by atoms with Crippen LogP contribution in [0.3, 0.4) is 0 Å². The zero-order chi connectivity index (χ0) is 17.5. The molecule has 0 spiro atoms. The number of pyridine rings is 1. The molecule has 26 heavy (non-hydrogen) atoms. The molecule has 1 aromatic heterocycles. The first-order valence-electron chi connectivity index (χ1n) is 8.77. The monoisotopic (exact) mass is 342 g/mol. The highest BCUT2D eigenvalue weighted by Crippen LogP contribution is 2.36. The van der Waals surface area contributed by atoms with E-state index < -0.39 is 0 Å². The van der Waals surface area contributed by atoms with Crippen LogP contribution in [-0.4, -0.2) is 23.4 Å². The minimum Gasteiger partial charge on any atom is -0.485 e. The minimum atomic E-state index is -0.138. The lowest BCUT2D eigenvalue weighted by Gasteiger charge is -2.26. The van der Waals surface area contributed by atoms with Crippen molar-refractivity contribution in [2.45, 2.75) is 19.4 Å². The first kappa shape index (κ1) is 15.1. The Morgan fingerprint density at radius 2 is 1.81 bits per heavy atom.